The first kappa shape index (κ1) is 12.9. The van der Waals surface area contributed by atoms with Gasteiger partial charge in [-0.25, -0.2) is 0 Å². The van der Waals surface area contributed by atoms with Crippen LogP contribution in [0.15, 0.2) is 18.3 Å². The molecule has 0 amide bonds. The minimum absolute atomic E-state index is 0.0491. The van der Waals surface area contributed by atoms with E-state index in [-0.39, 0.29) is 12.0 Å². The van der Waals surface area contributed by atoms with Crippen LogP contribution >= 0.6 is 0 Å². The second-order valence-electron chi connectivity index (χ2n) is 5.67. The number of pyridine rings is 1. The molecule has 2 aromatic rings. The minimum atomic E-state index is -0.501. The fraction of sp³-hybridized carbons (Fsp3) is 0.500. The van der Waals surface area contributed by atoms with E-state index in [0.717, 1.165) is 16.6 Å². The van der Waals surface area contributed by atoms with E-state index in [0.29, 0.717) is 5.88 Å². The Morgan fingerprint density at radius 2 is 2.17 bits per heavy atom. The Bertz CT molecular complexity index is 538. The van der Waals surface area contributed by atoms with E-state index in [4.69, 9.17) is 4.74 Å². The Hall–Kier alpha value is -1.55. The van der Waals surface area contributed by atoms with Gasteiger partial charge in [-0.05, 0) is 24.5 Å². The van der Waals surface area contributed by atoms with Gasteiger partial charge < -0.3 is 14.8 Å². The number of aliphatic hydroxyl groups excluding tert-OH is 1. The second-order valence-corrected chi connectivity index (χ2v) is 5.67. The molecular formula is C14H20N2O2. The zero-order valence-electron chi connectivity index (χ0n) is 11.3. The van der Waals surface area contributed by atoms with Crippen molar-refractivity contribution in [2.45, 2.75) is 39.2 Å². The lowest BCUT2D eigenvalue weighted by molar-refractivity contribution is 0.118. The highest BCUT2D eigenvalue weighted by Gasteiger charge is 2.21. The number of hydrogen-bond donors (Lipinski definition) is 2. The topological polar surface area (TPSA) is 58.1 Å². The Kier molecular flexibility index (Phi) is 3.30. The molecular weight excluding hydrogens is 228 g/mol. The molecule has 1 atom stereocenters. The van der Waals surface area contributed by atoms with E-state index in [2.05, 4.69) is 36.8 Å². The maximum Gasteiger partial charge on any atom is 0.219 e. The van der Waals surface area contributed by atoms with E-state index in [1.807, 2.05) is 12.3 Å². The lowest BCUT2D eigenvalue weighted by atomic mass is 9.87. The molecule has 0 aliphatic heterocycles. The molecule has 18 heavy (non-hydrogen) atoms. The number of hydrogen-bond acceptors (Lipinski definition) is 3. The number of fused-ring (bicyclic) bond motifs is 1. The van der Waals surface area contributed by atoms with Gasteiger partial charge in [0.1, 0.15) is 12.3 Å². The van der Waals surface area contributed by atoms with Crippen LogP contribution < -0.4 is 4.74 Å². The van der Waals surface area contributed by atoms with Crippen molar-refractivity contribution in [3.63, 3.8) is 0 Å². The molecule has 0 fully saturated rings. The molecule has 2 N–H and O–H groups in total. The van der Waals surface area contributed by atoms with Crippen molar-refractivity contribution in [2.75, 3.05) is 6.61 Å². The number of nitrogens with zero attached hydrogens (tertiary/aromatic N) is 1. The van der Waals surface area contributed by atoms with E-state index in [1.54, 1.807) is 6.92 Å². The van der Waals surface area contributed by atoms with Crippen molar-refractivity contribution < 1.29 is 9.84 Å². The van der Waals surface area contributed by atoms with Gasteiger partial charge in [-0.15, -0.1) is 0 Å². The van der Waals surface area contributed by atoms with Crippen LogP contribution in [0.5, 0.6) is 5.88 Å². The highest BCUT2D eigenvalue weighted by molar-refractivity contribution is 5.77. The summed E-state index contributed by atoms with van der Waals surface area (Å²) in [6.45, 7) is 8.32. The van der Waals surface area contributed by atoms with Crippen LogP contribution in [0.4, 0.5) is 0 Å². The summed E-state index contributed by atoms with van der Waals surface area (Å²) in [6.07, 6.45) is 1.36. The molecule has 2 rings (SSSR count). The first-order valence-electron chi connectivity index (χ1n) is 6.17. The van der Waals surface area contributed by atoms with Gasteiger partial charge in [-0.3, -0.25) is 0 Å². The highest BCUT2D eigenvalue weighted by atomic mass is 16.5. The maximum atomic E-state index is 9.32. The molecule has 1 unspecified atom stereocenters. The van der Waals surface area contributed by atoms with Crippen LogP contribution in [0.1, 0.15) is 33.3 Å². The van der Waals surface area contributed by atoms with Crippen LogP contribution in [0, 0.1) is 0 Å². The maximum absolute atomic E-state index is 9.32. The van der Waals surface area contributed by atoms with E-state index in [1.165, 1.54) is 0 Å². The normalized spacial score (nSPS) is 13.8. The molecule has 98 valence electrons. The zero-order chi connectivity index (χ0) is 13.3. The van der Waals surface area contributed by atoms with Crippen molar-refractivity contribution in [3.05, 3.63) is 23.9 Å². The van der Waals surface area contributed by atoms with Crippen molar-refractivity contribution >= 4 is 11.0 Å². The van der Waals surface area contributed by atoms with Gasteiger partial charge >= 0.3 is 0 Å². The van der Waals surface area contributed by atoms with E-state index >= 15 is 0 Å². The predicted octanol–water partition coefficient (Wildman–Crippen LogP) is 2.62. The average Bonchev–Trinajstić information content (AvgIpc) is 2.70. The number of ether oxygens (including phenoxy) is 1. The van der Waals surface area contributed by atoms with Gasteiger partial charge in [0.25, 0.3) is 0 Å². The second kappa shape index (κ2) is 4.61. The third-order valence-electron chi connectivity index (χ3n) is 2.77. The summed E-state index contributed by atoms with van der Waals surface area (Å²) in [5.41, 5.74) is 1.81. The summed E-state index contributed by atoms with van der Waals surface area (Å²) < 4.78 is 5.62. The van der Waals surface area contributed by atoms with Crippen molar-refractivity contribution in [1.82, 2.24) is 9.97 Å². The van der Waals surface area contributed by atoms with E-state index in [9.17, 15) is 5.11 Å². The van der Waals surface area contributed by atoms with Crippen LogP contribution in [0.2, 0.25) is 0 Å². The molecule has 0 saturated heterocycles. The monoisotopic (exact) mass is 248 g/mol. The fourth-order valence-electron chi connectivity index (χ4n) is 1.81. The Morgan fingerprint density at radius 1 is 1.44 bits per heavy atom. The number of aromatic amines is 1. The third kappa shape index (κ3) is 2.64. The minimum Gasteiger partial charge on any atom is -0.475 e. The highest BCUT2D eigenvalue weighted by Crippen LogP contribution is 2.32. The molecule has 0 aromatic carbocycles. The molecule has 0 bridgehead atoms. The number of aromatic nitrogens is 2. The summed E-state index contributed by atoms with van der Waals surface area (Å²) >= 11 is 0. The smallest absolute Gasteiger partial charge is 0.219 e. The lowest BCUT2D eigenvalue weighted by Crippen LogP contribution is -2.18. The SMILES string of the molecule is CC(O)COc1nc2[nH]ccc2cc1C(C)(C)C. The summed E-state index contributed by atoms with van der Waals surface area (Å²) in [4.78, 5) is 7.56. The van der Waals surface area contributed by atoms with Crippen LogP contribution in [-0.2, 0) is 5.41 Å². The van der Waals surface area contributed by atoms with Crippen LogP contribution in [0.25, 0.3) is 11.0 Å². The van der Waals surface area contributed by atoms with Crippen molar-refractivity contribution in [1.29, 1.82) is 0 Å². The fourth-order valence-corrected chi connectivity index (χ4v) is 1.81. The van der Waals surface area contributed by atoms with Gasteiger partial charge in [0.2, 0.25) is 5.88 Å². The summed E-state index contributed by atoms with van der Waals surface area (Å²) in [6, 6.07) is 4.09. The summed E-state index contributed by atoms with van der Waals surface area (Å²) in [5.74, 6) is 0.596. The van der Waals surface area contributed by atoms with Gasteiger partial charge in [0.05, 0.1) is 6.10 Å². The molecule has 0 aliphatic carbocycles. The number of rotatable bonds is 3. The molecule has 0 radical (unpaired) electrons. The van der Waals surface area contributed by atoms with Crippen molar-refractivity contribution in [3.8, 4) is 5.88 Å². The zero-order valence-corrected chi connectivity index (χ0v) is 11.3. The van der Waals surface area contributed by atoms with Crippen LogP contribution in [0.3, 0.4) is 0 Å². The third-order valence-corrected chi connectivity index (χ3v) is 2.77. The van der Waals surface area contributed by atoms with Gasteiger partial charge in [-0.2, -0.15) is 4.98 Å². The standard InChI is InChI=1S/C14H20N2O2/c1-9(17)8-18-13-11(14(2,3)4)7-10-5-6-15-12(10)16-13/h5-7,9,17H,8H2,1-4H3,(H,15,16). The predicted molar refractivity (Wildman–Crippen MR) is 72.0 cm³/mol. The molecule has 2 aromatic heterocycles. The largest absolute Gasteiger partial charge is 0.475 e. The number of H-pyrrole nitrogens is 1. The molecule has 0 aliphatic rings. The van der Waals surface area contributed by atoms with Crippen LogP contribution in [-0.4, -0.2) is 27.8 Å². The molecule has 4 nitrogen and oxygen atoms in total. The molecule has 2 heterocycles. The Morgan fingerprint density at radius 3 is 2.78 bits per heavy atom. The average molecular weight is 248 g/mol. The molecule has 0 saturated carbocycles. The Labute approximate surface area is 107 Å². The number of aliphatic hydroxyl groups is 1. The lowest BCUT2D eigenvalue weighted by Gasteiger charge is -2.22. The number of nitrogens with one attached hydrogen (secondary N) is 1. The Balaban J connectivity index is 2.46. The van der Waals surface area contributed by atoms with E-state index < -0.39 is 6.10 Å². The quantitative estimate of drug-likeness (QED) is 0.877. The summed E-state index contributed by atoms with van der Waals surface area (Å²) in [5, 5.41) is 10.4. The van der Waals surface area contributed by atoms with Gasteiger partial charge in [-0.1, -0.05) is 20.8 Å². The molecule has 0 spiro atoms. The van der Waals surface area contributed by atoms with Gasteiger partial charge in [0.15, 0.2) is 0 Å². The van der Waals surface area contributed by atoms with Gasteiger partial charge in [0, 0.05) is 17.1 Å². The first-order valence-corrected chi connectivity index (χ1v) is 6.17. The van der Waals surface area contributed by atoms with Crippen molar-refractivity contribution in [2.24, 2.45) is 0 Å². The summed E-state index contributed by atoms with van der Waals surface area (Å²) in [7, 11) is 0. The first-order chi connectivity index (χ1) is 8.38. The molecule has 4 heteroatoms.